The van der Waals surface area contributed by atoms with Crippen molar-refractivity contribution in [3.63, 3.8) is 0 Å². The minimum Gasteiger partial charge on any atom is -0.481 e. The first-order valence-corrected chi connectivity index (χ1v) is 9.93. The van der Waals surface area contributed by atoms with Gasteiger partial charge in [-0.25, -0.2) is 4.79 Å². The Morgan fingerprint density at radius 3 is 2.68 bits per heavy atom. The number of furan rings is 1. The number of fused-ring (bicyclic) bond motifs is 2. The first-order chi connectivity index (χ1) is 13.5. The van der Waals surface area contributed by atoms with Gasteiger partial charge < -0.3 is 19.6 Å². The summed E-state index contributed by atoms with van der Waals surface area (Å²) in [6.07, 6.45) is 5.97. The molecule has 2 aliphatic carbocycles. The molecule has 2 aromatic rings. The number of allylic oxidation sites excluding steroid dienone is 2. The second-order valence-corrected chi connectivity index (χ2v) is 7.76. The molecule has 1 saturated carbocycles. The highest BCUT2D eigenvalue weighted by molar-refractivity contribution is 7.15. The first-order valence-electron chi connectivity index (χ1n) is 9.05. The molecule has 0 saturated heterocycles. The molecule has 0 radical (unpaired) electrons. The molecule has 1 fully saturated rings. The molecule has 146 valence electrons. The number of aliphatic carboxylic acids is 1. The van der Waals surface area contributed by atoms with E-state index in [9.17, 15) is 19.5 Å². The molecule has 2 aromatic heterocycles. The van der Waals surface area contributed by atoms with Gasteiger partial charge in [0.1, 0.15) is 16.3 Å². The van der Waals surface area contributed by atoms with Crippen molar-refractivity contribution in [3.8, 4) is 11.3 Å². The number of hydrogen-bond acceptors (Lipinski definition) is 6. The van der Waals surface area contributed by atoms with Gasteiger partial charge in [-0.15, -0.1) is 11.3 Å². The molecule has 0 spiro atoms. The third-order valence-corrected chi connectivity index (χ3v) is 6.24. The van der Waals surface area contributed by atoms with Crippen LogP contribution in [0.2, 0.25) is 0 Å². The number of carboxylic acids is 1. The first kappa shape index (κ1) is 18.5. The van der Waals surface area contributed by atoms with Crippen LogP contribution in [0.3, 0.4) is 0 Å². The van der Waals surface area contributed by atoms with E-state index in [1.165, 1.54) is 17.6 Å². The molecule has 0 aliphatic heterocycles. The molecule has 2 heterocycles. The highest BCUT2D eigenvalue weighted by atomic mass is 32.1. The Morgan fingerprint density at radius 1 is 1.29 bits per heavy atom. The van der Waals surface area contributed by atoms with Crippen molar-refractivity contribution >= 4 is 34.2 Å². The molecule has 8 heteroatoms. The Balaban J connectivity index is 1.64. The standard InChI is InChI=1S/C20H19NO6S/c1-2-26-20(25)16-12(13-4-3-7-27-13)9-28-18(16)21-17(22)14-10-5-6-11(8-10)15(14)19(23)24/h3-7,9-11,14-15H,2,8H2,1H3,(H,21,22)(H,23,24). The maximum Gasteiger partial charge on any atom is 0.341 e. The maximum absolute atomic E-state index is 13.0. The number of carbonyl (C=O) groups excluding carboxylic acids is 2. The SMILES string of the molecule is CCOC(=O)c1c(-c2ccco2)csc1NC(=O)C1C2C=CC(C2)C1C(=O)O. The van der Waals surface area contributed by atoms with Crippen LogP contribution < -0.4 is 5.32 Å². The highest BCUT2D eigenvalue weighted by Gasteiger charge is 2.51. The zero-order valence-electron chi connectivity index (χ0n) is 15.1. The van der Waals surface area contributed by atoms with Crippen LogP contribution in [0, 0.1) is 23.7 Å². The lowest BCUT2D eigenvalue weighted by atomic mass is 9.82. The fourth-order valence-corrected chi connectivity index (χ4v) is 5.12. The van der Waals surface area contributed by atoms with Gasteiger partial charge in [-0.05, 0) is 37.3 Å². The van der Waals surface area contributed by atoms with Crippen LogP contribution in [0.1, 0.15) is 23.7 Å². The molecule has 2 bridgehead atoms. The summed E-state index contributed by atoms with van der Waals surface area (Å²) in [7, 11) is 0. The summed E-state index contributed by atoms with van der Waals surface area (Å²) >= 11 is 1.19. The second-order valence-electron chi connectivity index (χ2n) is 6.88. The number of anilines is 1. The average Bonchev–Trinajstić information content (AvgIpc) is 3.43. The lowest BCUT2D eigenvalue weighted by Crippen LogP contribution is -2.36. The normalized spacial score (nSPS) is 25.0. The zero-order chi connectivity index (χ0) is 19.8. The molecule has 2 N–H and O–H groups in total. The Hall–Kier alpha value is -2.87. The number of nitrogens with one attached hydrogen (secondary N) is 1. The molecule has 4 unspecified atom stereocenters. The van der Waals surface area contributed by atoms with Crippen molar-refractivity contribution in [1.82, 2.24) is 0 Å². The highest BCUT2D eigenvalue weighted by Crippen LogP contribution is 2.49. The van der Waals surface area contributed by atoms with E-state index in [2.05, 4.69) is 5.32 Å². The van der Waals surface area contributed by atoms with Gasteiger partial charge in [0.25, 0.3) is 0 Å². The fourth-order valence-electron chi connectivity index (χ4n) is 4.18. The van der Waals surface area contributed by atoms with Gasteiger partial charge in [-0.2, -0.15) is 0 Å². The fraction of sp³-hybridized carbons (Fsp3) is 0.350. The van der Waals surface area contributed by atoms with Crippen molar-refractivity contribution in [2.24, 2.45) is 23.7 Å². The van der Waals surface area contributed by atoms with E-state index >= 15 is 0 Å². The van der Waals surface area contributed by atoms with Crippen molar-refractivity contribution < 1.29 is 28.6 Å². The third kappa shape index (κ3) is 3.03. The van der Waals surface area contributed by atoms with E-state index in [0.717, 1.165) is 0 Å². The molecular weight excluding hydrogens is 382 g/mol. The number of thiophene rings is 1. The van der Waals surface area contributed by atoms with Gasteiger partial charge in [0, 0.05) is 10.9 Å². The topological polar surface area (TPSA) is 106 Å². The molecule has 1 amide bonds. The summed E-state index contributed by atoms with van der Waals surface area (Å²) in [6, 6.07) is 3.43. The zero-order valence-corrected chi connectivity index (χ0v) is 15.9. The summed E-state index contributed by atoms with van der Waals surface area (Å²) in [5.74, 6) is -3.04. The van der Waals surface area contributed by atoms with E-state index in [1.807, 2.05) is 12.2 Å². The molecular formula is C20H19NO6S. The van der Waals surface area contributed by atoms with E-state index in [0.29, 0.717) is 22.7 Å². The maximum atomic E-state index is 13.0. The molecule has 2 aliphatic rings. The lowest BCUT2D eigenvalue weighted by Gasteiger charge is -2.23. The number of ether oxygens (including phenoxy) is 1. The van der Waals surface area contributed by atoms with Crippen LogP contribution in [0.4, 0.5) is 5.00 Å². The number of esters is 1. The minimum atomic E-state index is -0.968. The number of hydrogen-bond donors (Lipinski definition) is 2. The van der Waals surface area contributed by atoms with Gasteiger partial charge in [-0.3, -0.25) is 9.59 Å². The van der Waals surface area contributed by atoms with Crippen molar-refractivity contribution in [1.29, 1.82) is 0 Å². The van der Waals surface area contributed by atoms with Gasteiger partial charge in [0.05, 0.1) is 24.7 Å². The van der Waals surface area contributed by atoms with Crippen LogP contribution in [-0.2, 0) is 14.3 Å². The Kier molecular flexibility index (Phi) is 4.80. The van der Waals surface area contributed by atoms with Crippen molar-refractivity contribution in [3.05, 3.63) is 41.5 Å². The van der Waals surface area contributed by atoms with E-state index in [1.54, 1.807) is 24.4 Å². The quantitative estimate of drug-likeness (QED) is 0.565. The van der Waals surface area contributed by atoms with Crippen LogP contribution in [0.5, 0.6) is 0 Å². The predicted molar refractivity (Wildman–Crippen MR) is 102 cm³/mol. The summed E-state index contributed by atoms with van der Waals surface area (Å²) in [5.41, 5.74) is 0.757. The molecule has 0 aromatic carbocycles. The smallest absolute Gasteiger partial charge is 0.341 e. The number of rotatable bonds is 6. The third-order valence-electron chi connectivity index (χ3n) is 5.34. The predicted octanol–water partition coefficient (Wildman–Crippen LogP) is 3.65. The van der Waals surface area contributed by atoms with Gasteiger partial charge in [0.2, 0.25) is 5.91 Å². The van der Waals surface area contributed by atoms with E-state index < -0.39 is 23.8 Å². The van der Waals surface area contributed by atoms with Crippen LogP contribution in [0.25, 0.3) is 11.3 Å². The van der Waals surface area contributed by atoms with Crippen LogP contribution in [-0.4, -0.2) is 29.6 Å². The van der Waals surface area contributed by atoms with Gasteiger partial charge in [-0.1, -0.05) is 12.2 Å². The average molecular weight is 401 g/mol. The van der Waals surface area contributed by atoms with Gasteiger partial charge in [0.15, 0.2) is 0 Å². The molecule has 4 atom stereocenters. The Labute approximate surface area is 165 Å². The number of amides is 1. The molecule has 4 rings (SSSR count). The minimum absolute atomic E-state index is 0.0957. The number of carboxylic acid groups (broad SMARTS) is 1. The Morgan fingerprint density at radius 2 is 2.04 bits per heavy atom. The van der Waals surface area contributed by atoms with E-state index in [4.69, 9.17) is 9.15 Å². The monoisotopic (exact) mass is 401 g/mol. The summed E-state index contributed by atoms with van der Waals surface area (Å²) in [5, 5.41) is 14.4. The second kappa shape index (κ2) is 7.27. The molecule has 28 heavy (non-hydrogen) atoms. The summed E-state index contributed by atoms with van der Waals surface area (Å²) in [4.78, 5) is 37.2. The van der Waals surface area contributed by atoms with Crippen LogP contribution >= 0.6 is 11.3 Å². The Bertz CT molecular complexity index is 944. The largest absolute Gasteiger partial charge is 0.481 e. The van der Waals surface area contributed by atoms with Crippen molar-refractivity contribution in [2.45, 2.75) is 13.3 Å². The van der Waals surface area contributed by atoms with Crippen LogP contribution in [0.15, 0.2) is 40.3 Å². The lowest BCUT2D eigenvalue weighted by molar-refractivity contribution is -0.146. The summed E-state index contributed by atoms with van der Waals surface area (Å²) in [6.45, 7) is 1.89. The van der Waals surface area contributed by atoms with Crippen molar-refractivity contribution in [2.75, 3.05) is 11.9 Å². The van der Waals surface area contributed by atoms with Gasteiger partial charge >= 0.3 is 11.9 Å². The summed E-state index contributed by atoms with van der Waals surface area (Å²) < 4.78 is 10.5. The van der Waals surface area contributed by atoms with E-state index in [-0.39, 0.29) is 29.9 Å². The number of carbonyl (C=O) groups is 3. The molecule has 7 nitrogen and oxygen atoms in total.